The lowest BCUT2D eigenvalue weighted by atomic mass is 9.95. The largest absolute Gasteiger partial charge is 0.350 e. The number of carbonyl (C=O) groups is 1. The SMILES string of the molecule is CNC(C)CNC(=O)c1cc(C)n(C2CCCCC2)c1C.Cl. The van der Waals surface area contributed by atoms with E-state index in [1.165, 1.54) is 37.8 Å². The number of rotatable bonds is 5. The van der Waals surface area contributed by atoms with Gasteiger partial charge >= 0.3 is 0 Å². The molecule has 0 saturated heterocycles. The van der Waals surface area contributed by atoms with Gasteiger partial charge in [0.25, 0.3) is 5.91 Å². The van der Waals surface area contributed by atoms with Gasteiger partial charge in [-0.05, 0) is 46.7 Å². The molecule has 1 unspecified atom stereocenters. The minimum Gasteiger partial charge on any atom is -0.350 e. The summed E-state index contributed by atoms with van der Waals surface area (Å²) in [5, 5.41) is 6.15. The molecule has 0 aliphatic heterocycles. The molecule has 1 aromatic rings. The van der Waals surface area contributed by atoms with Crippen LogP contribution in [0.15, 0.2) is 6.07 Å². The molecule has 5 heteroatoms. The Labute approximate surface area is 140 Å². The van der Waals surface area contributed by atoms with Crippen LogP contribution in [0.3, 0.4) is 0 Å². The third kappa shape index (κ3) is 4.26. The van der Waals surface area contributed by atoms with Crippen LogP contribution >= 0.6 is 12.4 Å². The summed E-state index contributed by atoms with van der Waals surface area (Å²) in [7, 11) is 1.91. The molecule has 2 N–H and O–H groups in total. The molecule has 0 aromatic carbocycles. The van der Waals surface area contributed by atoms with Crippen LogP contribution in [0.5, 0.6) is 0 Å². The van der Waals surface area contributed by atoms with E-state index in [-0.39, 0.29) is 24.4 Å². The van der Waals surface area contributed by atoms with Crippen LogP contribution < -0.4 is 10.6 Å². The lowest BCUT2D eigenvalue weighted by Crippen LogP contribution is -2.37. The summed E-state index contributed by atoms with van der Waals surface area (Å²) in [6.45, 7) is 6.92. The summed E-state index contributed by atoms with van der Waals surface area (Å²) in [5.41, 5.74) is 3.17. The number of likely N-dealkylation sites (N-methyl/N-ethyl adjacent to an activating group) is 1. The van der Waals surface area contributed by atoms with Crippen LogP contribution in [0.4, 0.5) is 0 Å². The van der Waals surface area contributed by atoms with E-state index in [0.717, 1.165) is 11.3 Å². The average molecular weight is 328 g/mol. The van der Waals surface area contributed by atoms with Crippen molar-refractivity contribution in [1.29, 1.82) is 0 Å². The first-order valence-corrected chi connectivity index (χ1v) is 8.18. The lowest BCUT2D eigenvalue weighted by molar-refractivity contribution is 0.0949. The molecule has 126 valence electrons. The summed E-state index contributed by atoms with van der Waals surface area (Å²) in [4.78, 5) is 12.4. The molecule has 1 aliphatic rings. The van der Waals surface area contributed by atoms with Crippen LogP contribution in [-0.2, 0) is 0 Å². The first kappa shape index (κ1) is 19.0. The van der Waals surface area contributed by atoms with Gasteiger partial charge in [-0.1, -0.05) is 19.3 Å². The van der Waals surface area contributed by atoms with Gasteiger partial charge in [-0.2, -0.15) is 0 Å². The summed E-state index contributed by atoms with van der Waals surface area (Å²) >= 11 is 0. The number of carbonyl (C=O) groups excluding carboxylic acids is 1. The molecular weight excluding hydrogens is 298 g/mol. The molecule has 1 heterocycles. The molecule has 0 radical (unpaired) electrons. The Balaban J connectivity index is 0.00000242. The Morgan fingerprint density at radius 2 is 1.95 bits per heavy atom. The number of aryl methyl sites for hydroxylation is 1. The summed E-state index contributed by atoms with van der Waals surface area (Å²) in [5.74, 6) is 0.0484. The summed E-state index contributed by atoms with van der Waals surface area (Å²) in [6.07, 6.45) is 6.46. The Morgan fingerprint density at radius 3 is 2.55 bits per heavy atom. The van der Waals surface area contributed by atoms with Crippen molar-refractivity contribution in [2.75, 3.05) is 13.6 Å². The van der Waals surface area contributed by atoms with Crippen molar-refractivity contribution < 1.29 is 4.79 Å². The van der Waals surface area contributed by atoms with E-state index >= 15 is 0 Å². The number of halogens is 1. The normalized spacial score (nSPS) is 16.9. The lowest BCUT2D eigenvalue weighted by Gasteiger charge is -2.26. The smallest absolute Gasteiger partial charge is 0.253 e. The van der Waals surface area contributed by atoms with Crippen LogP contribution in [0, 0.1) is 13.8 Å². The van der Waals surface area contributed by atoms with Gasteiger partial charge in [0.2, 0.25) is 0 Å². The van der Waals surface area contributed by atoms with Crippen molar-refractivity contribution in [1.82, 2.24) is 15.2 Å². The summed E-state index contributed by atoms with van der Waals surface area (Å²) < 4.78 is 2.38. The van der Waals surface area contributed by atoms with Crippen molar-refractivity contribution >= 4 is 18.3 Å². The van der Waals surface area contributed by atoms with Crippen LogP contribution in [0.25, 0.3) is 0 Å². The molecule has 1 saturated carbocycles. The highest BCUT2D eigenvalue weighted by Crippen LogP contribution is 2.32. The quantitative estimate of drug-likeness (QED) is 0.871. The fraction of sp³-hybridized carbons (Fsp3) is 0.706. The van der Waals surface area contributed by atoms with Crippen molar-refractivity contribution in [3.8, 4) is 0 Å². The number of nitrogens with zero attached hydrogens (tertiary/aromatic N) is 1. The highest BCUT2D eigenvalue weighted by atomic mass is 35.5. The van der Waals surface area contributed by atoms with E-state index in [1.807, 2.05) is 13.1 Å². The summed E-state index contributed by atoms with van der Waals surface area (Å²) in [6, 6.07) is 2.91. The van der Waals surface area contributed by atoms with Crippen LogP contribution in [0.2, 0.25) is 0 Å². The number of aromatic nitrogens is 1. The van der Waals surface area contributed by atoms with Crippen molar-refractivity contribution in [2.24, 2.45) is 0 Å². The average Bonchev–Trinajstić information content (AvgIpc) is 2.80. The molecule has 1 aliphatic carbocycles. The van der Waals surface area contributed by atoms with Crippen molar-refractivity contribution in [3.05, 3.63) is 23.0 Å². The van der Waals surface area contributed by atoms with E-state index in [0.29, 0.717) is 12.6 Å². The predicted molar refractivity (Wildman–Crippen MR) is 94.1 cm³/mol. The number of hydrogen-bond acceptors (Lipinski definition) is 2. The van der Waals surface area contributed by atoms with Gasteiger partial charge in [-0.25, -0.2) is 0 Å². The number of hydrogen-bond donors (Lipinski definition) is 2. The molecule has 0 spiro atoms. The maximum atomic E-state index is 12.4. The van der Waals surface area contributed by atoms with E-state index < -0.39 is 0 Å². The topological polar surface area (TPSA) is 46.1 Å². The molecule has 1 aromatic heterocycles. The highest BCUT2D eigenvalue weighted by Gasteiger charge is 2.22. The van der Waals surface area contributed by atoms with Gasteiger partial charge in [0, 0.05) is 30.0 Å². The standard InChI is InChI=1S/C17H29N3O.ClH/c1-12(18-4)11-19-17(21)16-10-13(2)20(14(16)3)15-8-6-5-7-9-15;/h10,12,15,18H,5-9,11H2,1-4H3,(H,19,21);1H. The first-order valence-electron chi connectivity index (χ1n) is 8.18. The second-order valence-electron chi connectivity index (χ2n) is 6.35. The second kappa shape index (κ2) is 8.59. The third-order valence-electron chi connectivity index (χ3n) is 4.73. The third-order valence-corrected chi connectivity index (χ3v) is 4.73. The zero-order valence-electron chi connectivity index (χ0n) is 14.2. The van der Waals surface area contributed by atoms with Crippen LogP contribution in [0.1, 0.15) is 66.8 Å². The number of amides is 1. The van der Waals surface area contributed by atoms with Gasteiger partial charge < -0.3 is 15.2 Å². The molecule has 22 heavy (non-hydrogen) atoms. The Bertz CT molecular complexity index is 492. The molecule has 1 atom stereocenters. The van der Waals surface area contributed by atoms with E-state index in [1.54, 1.807) is 0 Å². The molecule has 1 amide bonds. The van der Waals surface area contributed by atoms with Gasteiger partial charge in [0.15, 0.2) is 0 Å². The van der Waals surface area contributed by atoms with E-state index in [9.17, 15) is 4.79 Å². The van der Waals surface area contributed by atoms with Crippen molar-refractivity contribution in [3.63, 3.8) is 0 Å². The minimum atomic E-state index is 0. The fourth-order valence-corrected chi connectivity index (χ4v) is 3.35. The zero-order valence-corrected chi connectivity index (χ0v) is 15.1. The predicted octanol–water partition coefficient (Wildman–Crippen LogP) is 3.37. The maximum Gasteiger partial charge on any atom is 0.253 e. The Hall–Kier alpha value is -1.00. The Morgan fingerprint density at radius 1 is 1.32 bits per heavy atom. The monoisotopic (exact) mass is 327 g/mol. The Kier molecular flexibility index (Phi) is 7.43. The molecule has 2 rings (SSSR count). The second-order valence-corrected chi connectivity index (χ2v) is 6.35. The molecule has 0 bridgehead atoms. The minimum absolute atomic E-state index is 0. The fourth-order valence-electron chi connectivity index (χ4n) is 3.35. The highest BCUT2D eigenvalue weighted by molar-refractivity contribution is 5.95. The first-order chi connectivity index (χ1) is 10.0. The maximum absolute atomic E-state index is 12.4. The van der Waals surface area contributed by atoms with Gasteiger partial charge in [0.05, 0.1) is 5.56 Å². The molecule has 4 nitrogen and oxygen atoms in total. The number of nitrogens with one attached hydrogen (secondary N) is 2. The molecule has 1 fully saturated rings. The van der Waals surface area contributed by atoms with Crippen LogP contribution in [-0.4, -0.2) is 30.1 Å². The van der Waals surface area contributed by atoms with Gasteiger partial charge in [0.1, 0.15) is 0 Å². The van der Waals surface area contributed by atoms with E-state index in [2.05, 4.69) is 36.0 Å². The van der Waals surface area contributed by atoms with E-state index in [4.69, 9.17) is 0 Å². The molecular formula is C17H30ClN3O. The zero-order chi connectivity index (χ0) is 15.4. The van der Waals surface area contributed by atoms with Gasteiger partial charge in [-0.15, -0.1) is 12.4 Å². The van der Waals surface area contributed by atoms with Crippen molar-refractivity contribution in [2.45, 2.75) is 65.0 Å². The van der Waals surface area contributed by atoms with Gasteiger partial charge in [-0.3, -0.25) is 4.79 Å².